The van der Waals surface area contributed by atoms with Crippen molar-refractivity contribution in [2.24, 2.45) is 0 Å². The molecule has 16 aromatic carbocycles. The summed E-state index contributed by atoms with van der Waals surface area (Å²) in [5, 5.41) is 49.6. The molecule has 758 valence electrons. The lowest BCUT2D eigenvalue weighted by Crippen LogP contribution is -2.21. The van der Waals surface area contributed by atoms with Crippen molar-refractivity contribution in [3.63, 3.8) is 0 Å². The maximum absolute atomic E-state index is 12.5. The molecule has 0 amide bonds. The molecule has 147 heavy (non-hydrogen) atoms. The third-order valence-electron chi connectivity index (χ3n) is 26.4. The summed E-state index contributed by atoms with van der Waals surface area (Å²) in [6, 6.07) is 97.3. The van der Waals surface area contributed by atoms with Crippen LogP contribution in [0.5, 0.6) is 121 Å². The van der Waals surface area contributed by atoms with Crippen molar-refractivity contribution in [2.75, 3.05) is 92.4 Å². The van der Waals surface area contributed by atoms with Crippen LogP contribution in [0, 0.1) is 0 Å². The molecule has 0 aliphatic carbocycles. The molecule has 0 saturated carbocycles. The molecule has 5 aliphatic rings. The van der Waals surface area contributed by atoms with Gasteiger partial charge in [-0.15, -0.1) is 0 Å². The van der Waals surface area contributed by atoms with Crippen molar-refractivity contribution in [2.45, 2.75) is 107 Å². The minimum absolute atomic E-state index is 0.00780. The zero-order chi connectivity index (χ0) is 103. The van der Waals surface area contributed by atoms with E-state index in [1.165, 1.54) is 7.11 Å². The number of aliphatic hydroxyl groups is 4. The number of carbonyl (C=O) groups excluding carboxylic acids is 1. The second-order valence-electron chi connectivity index (χ2n) is 35.2. The number of ether oxygens (including phenoxy) is 21. The highest BCUT2D eigenvalue weighted by Crippen LogP contribution is 2.55. The van der Waals surface area contributed by atoms with E-state index in [1.807, 2.05) is 273 Å². The Morgan fingerprint density at radius 3 is 1.12 bits per heavy atom. The summed E-state index contributed by atoms with van der Waals surface area (Å²) in [5.41, 5.74) is 11.1. The van der Waals surface area contributed by atoms with Crippen LogP contribution in [0.1, 0.15) is 164 Å². The average molecular weight is 1990 g/mol. The predicted molar refractivity (Wildman–Crippen MR) is 559 cm³/mol. The Balaban J connectivity index is 0.000000129. The van der Waals surface area contributed by atoms with E-state index in [-0.39, 0.29) is 36.6 Å². The van der Waals surface area contributed by atoms with Gasteiger partial charge in [0.05, 0.1) is 129 Å². The number of ketones is 1. The first-order valence-corrected chi connectivity index (χ1v) is 48.1. The number of hydrogen-bond acceptors (Lipinski definition) is 26. The van der Waals surface area contributed by atoms with Crippen LogP contribution in [-0.2, 0) is 19.8 Å². The van der Waals surface area contributed by atoms with Gasteiger partial charge in [0, 0.05) is 99.5 Å². The number of aliphatic hydroxyl groups excluding tert-OH is 4. The molecule has 26 heteroatoms. The first-order chi connectivity index (χ1) is 71.8. The molecule has 0 aromatic heterocycles. The molecule has 9 atom stereocenters. The van der Waals surface area contributed by atoms with Crippen LogP contribution in [0.15, 0.2) is 303 Å². The van der Waals surface area contributed by atoms with Gasteiger partial charge < -0.3 is 120 Å². The van der Waals surface area contributed by atoms with Gasteiger partial charge in [0.25, 0.3) is 0 Å². The molecular formula is C121H118O26. The molecule has 5 aliphatic heterocycles. The van der Waals surface area contributed by atoms with Gasteiger partial charge in [-0.1, -0.05) is 206 Å². The van der Waals surface area contributed by atoms with E-state index >= 15 is 0 Å². The number of carbonyl (C=O) groups is 1. The monoisotopic (exact) mass is 1990 g/mol. The van der Waals surface area contributed by atoms with Crippen molar-refractivity contribution in [3.05, 3.63) is 376 Å². The van der Waals surface area contributed by atoms with Gasteiger partial charge in [0.2, 0.25) is 17.2 Å². The van der Waals surface area contributed by atoms with E-state index in [0.717, 1.165) is 105 Å². The molecule has 0 saturated heterocycles. The standard InChI is InChI=1S/C40H34O5.C23H24O6.C22H22O5.C18H20O5.C18H18O5/c41-35-24-36(45-39-33-19-11-10-18-31(33)20-21-34(35)39)32-22-37(42-25-28-12-4-1-5-13-28)40(44-27-30-16-8-3-9-17-30)38(23-32)43-26-29-14-6-2-7-15-29;1-25-19-11-16-17(24)12-18(29-22(16)15-8-6-5-7-14(15)19)13-9-20(26-2)23(28-4)21(10-13)27-3;1-24-19-10-14(11-20(25-2)22(19)26-3)18-12-16(23)21-15-7-5-4-6-13(15)8-9-17(21)27-18;2*1-20-12-6-4-11(5-7-12)15-10-14(19)18-16(22-3)8-13(21-2)9-17(18)23-15/h1-23,35-36,41H,24-27H2;5-11,17-18,24H,12H2,1-4H3;4-11,16,18,23H,12H2,1-3H3;4-9,14-15,19H,10H2,1-3H3;4-9,15H,10H2,1-3H3/t35?,36-;17?,18-;16?,18-;14?,15-;/m0000./s1. The molecule has 5 heterocycles. The molecule has 16 aromatic rings. The summed E-state index contributed by atoms with van der Waals surface area (Å²) < 4.78 is 121. The summed E-state index contributed by atoms with van der Waals surface area (Å²) in [6.45, 7) is 1.05. The molecular weight excluding hydrogens is 1870 g/mol. The van der Waals surface area contributed by atoms with Crippen LogP contribution >= 0.6 is 0 Å². The second-order valence-corrected chi connectivity index (χ2v) is 35.2. The highest BCUT2D eigenvalue weighted by Gasteiger charge is 2.39. The molecule has 4 N–H and O–H groups in total. The van der Waals surface area contributed by atoms with E-state index in [4.69, 9.17) is 99.5 Å². The lowest BCUT2D eigenvalue weighted by Gasteiger charge is -2.32. The van der Waals surface area contributed by atoms with E-state index in [2.05, 4.69) is 6.07 Å². The van der Waals surface area contributed by atoms with E-state index in [1.54, 1.807) is 110 Å². The van der Waals surface area contributed by atoms with Gasteiger partial charge >= 0.3 is 0 Å². The number of hydrogen-bond donors (Lipinski definition) is 4. The highest BCUT2D eigenvalue weighted by molar-refractivity contribution is 6.03. The highest BCUT2D eigenvalue weighted by atomic mass is 16.6. The normalized spacial score (nSPS) is 17.3. The van der Waals surface area contributed by atoms with E-state index in [9.17, 15) is 25.2 Å². The third-order valence-corrected chi connectivity index (χ3v) is 26.4. The zero-order valence-corrected chi connectivity index (χ0v) is 84.0. The third kappa shape index (κ3) is 22.9. The average Bonchev–Trinajstić information content (AvgIpc) is 0.754. The maximum Gasteiger partial charge on any atom is 0.203 e. The Morgan fingerprint density at radius 2 is 0.626 bits per heavy atom. The molecule has 0 radical (unpaired) electrons. The van der Waals surface area contributed by atoms with Gasteiger partial charge in [-0.05, 0) is 117 Å². The van der Waals surface area contributed by atoms with Crippen molar-refractivity contribution in [1.82, 2.24) is 0 Å². The summed E-state index contributed by atoms with van der Waals surface area (Å²) in [7, 11) is 20.6. The molecule has 0 bridgehead atoms. The van der Waals surface area contributed by atoms with Crippen LogP contribution in [0.3, 0.4) is 0 Å². The number of methoxy groups -OCH3 is 13. The van der Waals surface area contributed by atoms with Crippen LogP contribution in [-0.4, -0.2) is 119 Å². The SMILES string of the molecule is COc1cc([C@@H]2CC(O)c3c(ccc4ccccc34)O2)cc(OC)c1OC.COc1cc([C@@H]2CC(O)c3cc(OC)c4ccccc4c3O2)cc(OC)c1OC.COc1ccc(C2CC(=O)c3c(OC)cc(OC)cc3O2)cc1.COc1ccc([C@@H]2CC(O)c3c(OC)cc(OC)cc3O2)cc1.OC1C[C@@H](c2cc(OCc3ccccc3)c(OCc3ccccc3)c(OCc3ccccc3)c2)Oc2c1ccc1ccccc21. The Morgan fingerprint density at radius 1 is 0.252 bits per heavy atom. The van der Waals surface area contributed by atoms with E-state index in [0.29, 0.717) is 166 Å². The Bertz CT molecular complexity index is 7110. The lowest BCUT2D eigenvalue weighted by molar-refractivity contribution is 0.0628. The number of Topliss-reactive ketones (excluding diaryl/α,β-unsaturated/α-hetero) is 1. The lowest BCUT2D eigenvalue weighted by atomic mass is 9.91. The van der Waals surface area contributed by atoms with Crippen molar-refractivity contribution < 1.29 is 125 Å². The minimum Gasteiger partial charge on any atom is -0.497 e. The topological polar surface area (TPSA) is 292 Å². The van der Waals surface area contributed by atoms with Gasteiger partial charge in [-0.25, -0.2) is 0 Å². The fourth-order valence-electron chi connectivity index (χ4n) is 18.9. The number of fused-ring (bicyclic) bond motifs is 11. The summed E-state index contributed by atoms with van der Waals surface area (Å²) in [4.78, 5) is 12.5. The maximum atomic E-state index is 12.5. The Hall–Kier alpha value is -16.4. The molecule has 26 nitrogen and oxygen atoms in total. The zero-order valence-electron chi connectivity index (χ0n) is 84.0. The van der Waals surface area contributed by atoms with Gasteiger partial charge in [-0.3, -0.25) is 4.79 Å². The van der Waals surface area contributed by atoms with Crippen LogP contribution in [0.4, 0.5) is 0 Å². The van der Waals surface area contributed by atoms with Crippen molar-refractivity contribution in [1.29, 1.82) is 0 Å². The van der Waals surface area contributed by atoms with E-state index < -0.39 is 30.5 Å². The first kappa shape index (κ1) is 102. The van der Waals surface area contributed by atoms with Gasteiger partial charge in [0.1, 0.15) is 125 Å². The van der Waals surface area contributed by atoms with Crippen LogP contribution in [0.25, 0.3) is 32.3 Å². The van der Waals surface area contributed by atoms with Crippen LogP contribution in [0.2, 0.25) is 0 Å². The molecule has 5 unspecified atom stereocenters. The first-order valence-electron chi connectivity index (χ1n) is 48.1. The summed E-state index contributed by atoms with van der Waals surface area (Å²) in [5.74, 6) is 12.6. The minimum atomic E-state index is -0.693. The van der Waals surface area contributed by atoms with Crippen molar-refractivity contribution in [3.8, 4) is 121 Å². The van der Waals surface area contributed by atoms with Crippen molar-refractivity contribution >= 4 is 38.1 Å². The van der Waals surface area contributed by atoms with Gasteiger partial charge in [-0.2, -0.15) is 0 Å². The second kappa shape index (κ2) is 47.4. The summed E-state index contributed by atoms with van der Waals surface area (Å²) in [6.07, 6.45) is -2.39. The fraction of sp³-hybridized carbons (Fsp3) is 0.248. The van der Waals surface area contributed by atoms with Crippen LogP contribution < -0.4 is 99.5 Å². The largest absolute Gasteiger partial charge is 0.497 e. The Labute approximate surface area is 853 Å². The summed E-state index contributed by atoms with van der Waals surface area (Å²) >= 11 is 0. The smallest absolute Gasteiger partial charge is 0.203 e. The predicted octanol–water partition coefficient (Wildman–Crippen LogP) is 24.7. The number of rotatable bonds is 27. The molecule has 0 spiro atoms. The fourth-order valence-corrected chi connectivity index (χ4v) is 18.9. The number of benzene rings is 16. The Kier molecular flexibility index (Phi) is 32.9. The molecule has 0 fully saturated rings. The molecule has 21 rings (SSSR count). The quantitative estimate of drug-likeness (QED) is 0.0372. The van der Waals surface area contributed by atoms with Gasteiger partial charge in [0.15, 0.2) is 40.3 Å².